The largest absolute Gasteiger partial charge is 0.459 e. The third kappa shape index (κ3) is 6.42. The molecule has 2 N–H and O–H groups in total. The summed E-state index contributed by atoms with van der Waals surface area (Å²) in [7, 11) is 0. The summed E-state index contributed by atoms with van der Waals surface area (Å²) in [6.45, 7) is 6.36. The maximum absolute atomic E-state index is 12.4. The van der Waals surface area contributed by atoms with E-state index in [0.717, 1.165) is 23.1 Å². The molecule has 2 heterocycles. The summed E-state index contributed by atoms with van der Waals surface area (Å²) in [6.07, 6.45) is 5.31. The minimum atomic E-state index is -0.552. The number of benzene rings is 1. The lowest BCUT2D eigenvalue weighted by molar-refractivity contribution is -0.156. The summed E-state index contributed by atoms with van der Waals surface area (Å²) < 4.78 is 10.7. The van der Waals surface area contributed by atoms with Gasteiger partial charge in [0.15, 0.2) is 0 Å². The highest BCUT2D eigenvalue weighted by Gasteiger charge is 2.26. The van der Waals surface area contributed by atoms with Gasteiger partial charge in [-0.25, -0.2) is 9.59 Å². The van der Waals surface area contributed by atoms with Gasteiger partial charge >= 0.3 is 12.1 Å². The molecule has 1 aromatic heterocycles. The lowest BCUT2D eigenvalue weighted by Gasteiger charge is -2.26. The number of hydrogen-bond acceptors (Lipinski definition) is 6. The summed E-state index contributed by atoms with van der Waals surface area (Å²) in [6, 6.07) is 10.8. The number of anilines is 1. The molecule has 0 saturated heterocycles. The van der Waals surface area contributed by atoms with Crippen LogP contribution < -0.4 is 10.6 Å². The maximum atomic E-state index is 12.4. The number of nitrogens with zero attached hydrogens (tertiary/aromatic N) is 1. The molecular weight excluding hydrogens is 382 g/mol. The van der Waals surface area contributed by atoms with Crippen molar-refractivity contribution in [3.05, 3.63) is 66.0 Å². The lowest BCUT2D eigenvalue weighted by atomic mass is 9.98. The van der Waals surface area contributed by atoms with Crippen LogP contribution in [0, 0.1) is 0 Å². The molecule has 0 spiro atoms. The number of ether oxygens (including phenoxy) is 2. The Balaban J connectivity index is 1.64. The molecule has 1 amide bonds. The van der Waals surface area contributed by atoms with Crippen molar-refractivity contribution in [3.8, 4) is 0 Å². The van der Waals surface area contributed by atoms with Gasteiger partial charge < -0.3 is 14.8 Å². The van der Waals surface area contributed by atoms with Crippen LogP contribution in [0.25, 0.3) is 5.57 Å². The zero-order valence-corrected chi connectivity index (χ0v) is 17.5. The second-order valence-electron chi connectivity index (χ2n) is 8.06. The molecule has 0 radical (unpaired) electrons. The fourth-order valence-corrected chi connectivity index (χ4v) is 3.02. The number of nitrogens with one attached hydrogen (secondary N) is 2. The van der Waals surface area contributed by atoms with Gasteiger partial charge in [0, 0.05) is 12.7 Å². The van der Waals surface area contributed by atoms with Crippen LogP contribution >= 0.6 is 0 Å². The normalized spacial score (nSPS) is 16.4. The number of esters is 1. The molecule has 0 saturated carbocycles. The van der Waals surface area contributed by atoms with Crippen molar-refractivity contribution >= 4 is 23.3 Å². The Hall–Kier alpha value is -3.19. The summed E-state index contributed by atoms with van der Waals surface area (Å²) in [5.41, 5.74) is 2.70. The molecule has 0 fully saturated rings. The van der Waals surface area contributed by atoms with Crippen molar-refractivity contribution < 1.29 is 19.1 Å². The molecule has 7 nitrogen and oxygen atoms in total. The van der Waals surface area contributed by atoms with E-state index in [1.54, 1.807) is 12.4 Å². The van der Waals surface area contributed by atoms with E-state index in [0.29, 0.717) is 12.2 Å². The molecule has 158 valence electrons. The van der Waals surface area contributed by atoms with Crippen molar-refractivity contribution in [1.82, 2.24) is 10.3 Å². The van der Waals surface area contributed by atoms with Gasteiger partial charge in [-0.15, -0.1) is 0 Å². The van der Waals surface area contributed by atoms with Crippen LogP contribution in [0.1, 0.15) is 38.3 Å². The fourth-order valence-electron chi connectivity index (χ4n) is 3.02. The van der Waals surface area contributed by atoms with Gasteiger partial charge in [0.1, 0.15) is 18.2 Å². The Morgan fingerprint density at radius 2 is 1.97 bits per heavy atom. The topological polar surface area (TPSA) is 89.5 Å². The van der Waals surface area contributed by atoms with Gasteiger partial charge in [-0.2, -0.15) is 0 Å². The van der Waals surface area contributed by atoms with Gasteiger partial charge in [-0.05, 0) is 50.0 Å². The van der Waals surface area contributed by atoms with E-state index in [1.165, 1.54) is 0 Å². The number of aromatic nitrogens is 1. The molecule has 1 aliphatic heterocycles. The Labute approximate surface area is 176 Å². The SMILES string of the molecule is CC(C)(C)OC(=O)[C@H]1C=C(c2cncc(NC(=O)OCc3ccccc3)c2)CCN1. The second-order valence-corrected chi connectivity index (χ2v) is 8.06. The molecule has 7 heteroatoms. The van der Waals surface area contributed by atoms with Gasteiger partial charge in [0.2, 0.25) is 0 Å². The highest BCUT2D eigenvalue weighted by molar-refractivity contribution is 5.86. The molecule has 1 aromatic carbocycles. The van der Waals surface area contributed by atoms with Crippen LogP contribution in [0.4, 0.5) is 10.5 Å². The van der Waals surface area contributed by atoms with E-state index in [4.69, 9.17) is 9.47 Å². The van der Waals surface area contributed by atoms with Crippen LogP contribution in [0.15, 0.2) is 54.9 Å². The monoisotopic (exact) mass is 409 g/mol. The molecular formula is C23H27N3O4. The number of carbonyl (C=O) groups excluding carboxylic acids is 2. The molecule has 0 bridgehead atoms. The number of hydrogen-bond donors (Lipinski definition) is 2. The van der Waals surface area contributed by atoms with E-state index < -0.39 is 17.7 Å². The number of rotatable bonds is 5. The van der Waals surface area contributed by atoms with Crippen molar-refractivity contribution in [2.45, 2.75) is 45.4 Å². The second kappa shape index (κ2) is 9.54. The Bertz CT molecular complexity index is 920. The fraction of sp³-hybridized carbons (Fsp3) is 0.348. The third-order valence-corrected chi connectivity index (χ3v) is 4.36. The molecule has 30 heavy (non-hydrogen) atoms. The van der Waals surface area contributed by atoms with Gasteiger partial charge in [-0.1, -0.05) is 36.4 Å². The van der Waals surface area contributed by atoms with E-state index in [-0.39, 0.29) is 12.6 Å². The van der Waals surface area contributed by atoms with Crippen LogP contribution in [0.2, 0.25) is 0 Å². The quantitative estimate of drug-likeness (QED) is 0.728. The molecule has 3 rings (SSSR count). The number of pyridine rings is 1. The molecule has 2 aromatic rings. The van der Waals surface area contributed by atoms with E-state index in [9.17, 15) is 9.59 Å². The zero-order chi connectivity index (χ0) is 21.6. The van der Waals surface area contributed by atoms with Crippen molar-refractivity contribution in [1.29, 1.82) is 0 Å². The van der Waals surface area contributed by atoms with Gasteiger partial charge in [0.25, 0.3) is 0 Å². The van der Waals surface area contributed by atoms with Crippen LogP contribution in [-0.4, -0.2) is 35.2 Å². The Kier molecular flexibility index (Phi) is 6.84. The highest BCUT2D eigenvalue weighted by atomic mass is 16.6. The average Bonchev–Trinajstić information content (AvgIpc) is 2.72. The minimum Gasteiger partial charge on any atom is -0.459 e. The van der Waals surface area contributed by atoms with E-state index in [1.807, 2.05) is 63.2 Å². The zero-order valence-electron chi connectivity index (χ0n) is 17.5. The smallest absolute Gasteiger partial charge is 0.412 e. The molecule has 0 unspecified atom stereocenters. The third-order valence-electron chi connectivity index (χ3n) is 4.36. The van der Waals surface area contributed by atoms with Crippen molar-refractivity contribution in [2.24, 2.45) is 0 Å². The lowest BCUT2D eigenvalue weighted by Crippen LogP contribution is -2.42. The standard InChI is InChI=1S/C23H27N3O4/c1-23(2,3)30-21(27)20-12-17(9-10-25-20)18-11-19(14-24-13-18)26-22(28)29-15-16-7-5-4-6-8-16/h4-8,11-14,20,25H,9-10,15H2,1-3H3,(H,26,28)/t20-/m1/s1. The first-order valence-corrected chi connectivity index (χ1v) is 9.90. The summed E-state index contributed by atoms with van der Waals surface area (Å²) in [5, 5.41) is 5.86. The number of carbonyl (C=O) groups is 2. The van der Waals surface area contributed by atoms with Crippen molar-refractivity contribution in [2.75, 3.05) is 11.9 Å². The van der Waals surface area contributed by atoms with Crippen molar-refractivity contribution in [3.63, 3.8) is 0 Å². The first-order chi connectivity index (χ1) is 14.3. The molecule has 1 aliphatic rings. The summed E-state index contributed by atoms with van der Waals surface area (Å²) in [5.74, 6) is -0.313. The molecule has 0 aliphatic carbocycles. The first-order valence-electron chi connectivity index (χ1n) is 9.90. The predicted molar refractivity (Wildman–Crippen MR) is 115 cm³/mol. The van der Waals surface area contributed by atoms with Crippen LogP contribution in [0.3, 0.4) is 0 Å². The van der Waals surface area contributed by atoms with Gasteiger partial charge in [-0.3, -0.25) is 10.3 Å². The number of amides is 1. The van der Waals surface area contributed by atoms with E-state index in [2.05, 4.69) is 15.6 Å². The van der Waals surface area contributed by atoms with Crippen LogP contribution in [-0.2, 0) is 20.9 Å². The van der Waals surface area contributed by atoms with E-state index >= 15 is 0 Å². The Morgan fingerprint density at radius 3 is 2.70 bits per heavy atom. The van der Waals surface area contributed by atoms with Gasteiger partial charge in [0.05, 0.1) is 11.9 Å². The highest BCUT2D eigenvalue weighted by Crippen LogP contribution is 2.24. The minimum absolute atomic E-state index is 0.189. The summed E-state index contributed by atoms with van der Waals surface area (Å²) in [4.78, 5) is 28.7. The maximum Gasteiger partial charge on any atom is 0.412 e. The predicted octanol–water partition coefficient (Wildman–Crippen LogP) is 3.92. The summed E-state index contributed by atoms with van der Waals surface area (Å²) >= 11 is 0. The Morgan fingerprint density at radius 1 is 1.20 bits per heavy atom. The molecule has 1 atom stereocenters. The average molecular weight is 409 g/mol. The first kappa shape index (κ1) is 21.5. The van der Waals surface area contributed by atoms with Crippen LogP contribution in [0.5, 0.6) is 0 Å².